The first-order chi connectivity index (χ1) is 14.5. The number of benzene rings is 1. The number of nitrogens with one attached hydrogen (secondary N) is 3. The molecule has 2 amide bonds. The second kappa shape index (κ2) is 10.3. The van der Waals surface area contributed by atoms with Gasteiger partial charge in [-0.25, -0.2) is 13.4 Å². The molecule has 0 saturated carbocycles. The van der Waals surface area contributed by atoms with Gasteiger partial charge in [-0.1, -0.05) is 11.6 Å². The molecule has 2 rings (SSSR count). The van der Waals surface area contributed by atoms with Crippen molar-refractivity contribution in [3.63, 3.8) is 0 Å². The molecule has 1 aromatic carbocycles. The van der Waals surface area contributed by atoms with Gasteiger partial charge in [-0.3, -0.25) is 14.4 Å². The summed E-state index contributed by atoms with van der Waals surface area (Å²) in [7, 11) is -4.05. The van der Waals surface area contributed by atoms with E-state index in [0.717, 1.165) is 0 Å². The summed E-state index contributed by atoms with van der Waals surface area (Å²) in [6, 6.07) is 7.20. The molecule has 10 nitrogen and oxygen atoms in total. The van der Waals surface area contributed by atoms with Crippen LogP contribution in [0, 0.1) is 0 Å². The Kier molecular flexibility index (Phi) is 8.08. The van der Waals surface area contributed by atoms with Gasteiger partial charge in [-0.2, -0.15) is 4.72 Å². The number of anilines is 2. The van der Waals surface area contributed by atoms with Gasteiger partial charge in [0.1, 0.15) is 6.04 Å². The Morgan fingerprint density at radius 3 is 2.29 bits per heavy atom. The molecule has 2 aromatic rings. The summed E-state index contributed by atoms with van der Waals surface area (Å²) in [4.78, 5) is 39.2. The van der Waals surface area contributed by atoms with E-state index in [1.165, 1.54) is 57.3 Å². The van der Waals surface area contributed by atoms with Gasteiger partial charge in [0.15, 0.2) is 11.3 Å². The number of ether oxygens (including phenoxy) is 1. The van der Waals surface area contributed by atoms with E-state index in [2.05, 4.69) is 20.3 Å². The Morgan fingerprint density at radius 1 is 1.06 bits per heavy atom. The van der Waals surface area contributed by atoms with Crippen molar-refractivity contribution in [2.75, 3.05) is 10.6 Å². The molecular weight excluding hydrogens is 448 g/mol. The van der Waals surface area contributed by atoms with Gasteiger partial charge in [-0.15, -0.1) is 0 Å². The molecule has 0 fully saturated rings. The highest BCUT2D eigenvalue weighted by atomic mass is 35.5. The molecule has 0 aliphatic carbocycles. The molecule has 0 radical (unpaired) electrons. The minimum Gasteiger partial charge on any atom is -0.451 e. The number of hydrogen-bond donors (Lipinski definition) is 3. The van der Waals surface area contributed by atoms with Gasteiger partial charge in [0.25, 0.3) is 5.91 Å². The smallest absolute Gasteiger partial charge is 0.324 e. The van der Waals surface area contributed by atoms with Crippen LogP contribution < -0.4 is 15.4 Å². The number of halogens is 1. The quantitative estimate of drug-likeness (QED) is 0.396. The first-order valence-electron chi connectivity index (χ1n) is 9.01. The number of esters is 1. The Morgan fingerprint density at radius 2 is 1.71 bits per heavy atom. The van der Waals surface area contributed by atoms with Gasteiger partial charge >= 0.3 is 5.97 Å². The number of hydrogen-bond acceptors (Lipinski definition) is 7. The minimum atomic E-state index is -4.05. The van der Waals surface area contributed by atoms with Gasteiger partial charge in [-0.05, 0) is 50.2 Å². The molecule has 1 aromatic heterocycles. The van der Waals surface area contributed by atoms with E-state index in [9.17, 15) is 22.8 Å². The Labute approximate surface area is 184 Å². The predicted octanol–water partition coefficient (Wildman–Crippen LogP) is 1.93. The molecule has 0 saturated heterocycles. The summed E-state index contributed by atoms with van der Waals surface area (Å²) in [5, 5.41) is 5.05. The van der Waals surface area contributed by atoms with E-state index < -0.39 is 34.0 Å². The number of nitrogens with zero attached hydrogens (tertiary/aromatic N) is 1. The lowest BCUT2D eigenvalue weighted by Gasteiger charge is -2.18. The van der Waals surface area contributed by atoms with Crippen molar-refractivity contribution in [2.45, 2.75) is 37.8 Å². The van der Waals surface area contributed by atoms with Crippen molar-refractivity contribution in [1.82, 2.24) is 9.71 Å². The number of rotatable bonds is 8. The maximum Gasteiger partial charge on any atom is 0.324 e. The van der Waals surface area contributed by atoms with E-state index in [-0.39, 0.29) is 21.6 Å². The van der Waals surface area contributed by atoms with Crippen LogP contribution >= 0.6 is 11.6 Å². The molecule has 0 spiro atoms. The van der Waals surface area contributed by atoms with Gasteiger partial charge in [0.2, 0.25) is 15.9 Å². The van der Waals surface area contributed by atoms with Crippen LogP contribution in [0.4, 0.5) is 11.4 Å². The molecule has 1 unspecified atom stereocenters. The third-order valence-electron chi connectivity index (χ3n) is 3.85. The molecule has 1 heterocycles. The highest BCUT2D eigenvalue weighted by Gasteiger charge is 2.26. The summed E-state index contributed by atoms with van der Waals surface area (Å²) in [6.07, 6.45) is 0.232. The van der Waals surface area contributed by atoms with E-state index in [4.69, 9.17) is 16.3 Å². The molecule has 0 aliphatic rings. The third-order valence-corrected chi connectivity index (χ3v) is 5.71. The first-order valence-corrected chi connectivity index (χ1v) is 10.9. The van der Waals surface area contributed by atoms with Crippen LogP contribution in [-0.2, 0) is 29.1 Å². The predicted molar refractivity (Wildman–Crippen MR) is 114 cm³/mol. The van der Waals surface area contributed by atoms with Gasteiger partial charge < -0.3 is 15.4 Å². The average molecular weight is 469 g/mol. The van der Waals surface area contributed by atoms with Crippen molar-refractivity contribution in [2.24, 2.45) is 0 Å². The fourth-order valence-corrected chi connectivity index (χ4v) is 3.67. The molecule has 0 aliphatic heterocycles. The van der Waals surface area contributed by atoms with Crippen LogP contribution in [0.1, 0.15) is 20.8 Å². The molecular formula is C19H21ClN4O6S. The Hall–Kier alpha value is -3.02. The normalized spacial score (nSPS) is 13.0. The van der Waals surface area contributed by atoms with Crippen LogP contribution in [0.15, 0.2) is 47.5 Å². The van der Waals surface area contributed by atoms with Crippen molar-refractivity contribution >= 4 is 50.8 Å². The van der Waals surface area contributed by atoms with Gasteiger partial charge in [0, 0.05) is 18.8 Å². The zero-order valence-corrected chi connectivity index (χ0v) is 18.5. The van der Waals surface area contributed by atoms with E-state index in [1.807, 2.05) is 0 Å². The molecule has 0 bridgehead atoms. The fraction of sp³-hybridized carbons (Fsp3) is 0.263. The number of carbonyl (C=O) groups excluding carboxylic acids is 3. The van der Waals surface area contributed by atoms with Crippen molar-refractivity contribution in [3.8, 4) is 0 Å². The second-order valence-corrected chi connectivity index (χ2v) is 8.53. The standard InChI is InChI=1S/C19H21ClN4O6S/c1-11(24-31(28,29)15-8-6-14(7-9-15)22-13(3)25)19(27)30-12(2)18(26)23-16-5-4-10-21-17(16)20/h4-12,24H,1-3H3,(H,22,25)(H,23,26)/t11-,12?/m0/s1. The SMILES string of the molecule is CC(=O)Nc1ccc(S(=O)(=O)N[C@@H](C)C(=O)OC(C)C(=O)Nc2cccnc2Cl)cc1. The van der Waals surface area contributed by atoms with Crippen LogP contribution in [0.25, 0.3) is 0 Å². The highest BCUT2D eigenvalue weighted by Crippen LogP contribution is 2.18. The third kappa shape index (κ3) is 7.02. The van der Waals surface area contributed by atoms with Crippen LogP contribution in [-0.4, -0.2) is 43.3 Å². The Balaban J connectivity index is 1.96. The number of amides is 2. The molecule has 2 atom stereocenters. The number of carbonyl (C=O) groups is 3. The lowest BCUT2D eigenvalue weighted by atomic mass is 10.3. The zero-order valence-electron chi connectivity index (χ0n) is 16.9. The maximum atomic E-state index is 12.5. The Bertz CT molecular complexity index is 1080. The van der Waals surface area contributed by atoms with E-state index in [0.29, 0.717) is 5.69 Å². The largest absolute Gasteiger partial charge is 0.451 e. The second-order valence-electron chi connectivity index (χ2n) is 6.46. The monoisotopic (exact) mass is 468 g/mol. The lowest BCUT2D eigenvalue weighted by Crippen LogP contribution is -2.42. The van der Waals surface area contributed by atoms with E-state index in [1.54, 1.807) is 6.07 Å². The van der Waals surface area contributed by atoms with E-state index >= 15 is 0 Å². The summed E-state index contributed by atoms with van der Waals surface area (Å²) in [5.74, 6) is -1.90. The number of sulfonamides is 1. The molecule has 166 valence electrons. The summed E-state index contributed by atoms with van der Waals surface area (Å²) < 4.78 is 32.2. The zero-order chi connectivity index (χ0) is 23.2. The highest BCUT2D eigenvalue weighted by molar-refractivity contribution is 7.89. The fourth-order valence-electron chi connectivity index (χ4n) is 2.31. The van der Waals surface area contributed by atoms with Crippen molar-refractivity contribution in [1.29, 1.82) is 0 Å². The summed E-state index contributed by atoms with van der Waals surface area (Å²) >= 11 is 5.86. The van der Waals surface area contributed by atoms with Crippen molar-refractivity contribution < 1.29 is 27.5 Å². The molecule has 3 N–H and O–H groups in total. The van der Waals surface area contributed by atoms with Crippen LogP contribution in [0.3, 0.4) is 0 Å². The molecule has 12 heteroatoms. The number of pyridine rings is 1. The maximum absolute atomic E-state index is 12.5. The first kappa shape index (κ1) is 24.3. The summed E-state index contributed by atoms with van der Waals surface area (Å²) in [6.45, 7) is 3.94. The van der Waals surface area contributed by atoms with Crippen LogP contribution in [0.5, 0.6) is 0 Å². The van der Waals surface area contributed by atoms with Crippen LogP contribution in [0.2, 0.25) is 5.15 Å². The van der Waals surface area contributed by atoms with Gasteiger partial charge in [0.05, 0.1) is 10.6 Å². The topological polar surface area (TPSA) is 144 Å². The summed E-state index contributed by atoms with van der Waals surface area (Å²) in [5.41, 5.74) is 0.668. The minimum absolute atomic E-state index is 0.0695. The van der Waals surface area contributed by atoms with Crippen molar-refractivity contribution in [3.05, 3.63) is 47.7 Å². The molecule has 31 heavy (non-hydrogen) atoms. The lowest BCUT2D eigenvalue weighted by molar-refractivity contribution is -0.154. The number of aromatic nitrogens is 1. The average Bonchev–Trinajstić information content (AvgIpc) is 2.69.